The highest BCUT2D eigenvalue weighted by Gasteiger charge is 2.13. The highest BCUT2D eigenvalue weighted by Crippen LogP contribution is 2.39. The van der Waals surface area contributed by atoms with Gasteiger partial charge < -0.3 is 19.5 Å². The van der Waals surface area contributed by atoms with Crippen LogP contribution in [0.4, 0.5) is 5.69 Å². The Morgan fingerprint density at radius 3 is 2.26 bits per heavy atom. The molecule has 0 aliphatic heterocycles. The Labute approximate surface area is 115 Å². The number of anilines is 1. The van der Waals surface area contributed by atoms with Gasteiger partial charge in [0.25, 0.3) is 0 Å². The lowest BCUT2D eigenvalue weighted by atomic mass is 10.2. The second kappa shape index (κ2) is 6.24. The fraction of sp³-hybridized carbons (Fsp3) is 0.333. The summed E-state index contributed by atoms with van der Waals surface area (Å²) in [5, 5.41) is 9.10. The van der Waals surface area contributed by atoms with Crippen LogP contribution in [0.15, 0.2) is 17.5 Å². The van der Waals surface area contributed by atoms with Gasteiger partial charge in [-0.1, -0.05) is 4.49 Å². The molecule has 7 heteroatoms. The van der Waals surface area contributed by atoms with Crippen LogP contribution in [-0.2, 0) is 6.54 Å². The first-order valence-electron chi connectivity index (χ1n) is 5.58. The molecule has 0 spiro atoms. The van der Waals surface area contributed by atoms with Gasteiger partial charge >= 0.3 is 0 Å². The summed E-state index contributed by atoms with van der Waals surface area (Å²) in [4.78, 5) is 0. The second-order valence-electron chi connectivity index (χ2n) is 3.66. The van der Waals surface area contributed by atoms with Gasteiger partial charge in [0.05, 0.1) is 33.6 Å². The lowest BCUT2D eigenvalue weighted by Gasteiger charge is -2.14. The number of nitrogens with zero attached hydrogens (tertiary/aromatic N) is 2. The molecule has 0 fully saturated rings. The summed E-state index contributed by atoms with van der Waals surface area (Å²) in [6.07, 6.45) is 0. The van der Waals surface area contributed by atoms with Crippen molar-refractivity contribution < 1.29 is 14.2 Å². The fourth-order valence-electron chi connectivity index (χ4n) is 1.64. The van der Waals surface area contributed by atoms with E-state index in [1.807, 2.05) is 17.5 Å². The van der Waals surface area contributed by atoms with Crippen molar-refractivity contribution in [3.63, 3.8) is 0 Å². The Hall–Kier alpha value is -2.02. The van der Waals surface area contributed by atoms with Crippen molar-refractivity contribution in [1.82, 2.24) is 9.59 Å². The highest BCUT2D eigenvalue weighted by molar-refractivity contribution is 7.03. The van der Waals surface area contributed by atoms with Crippen molar-refractivity contribution in [2.45, 2.75) is 6.54 Å². The normalized spacial score (nSPS) is 10.1. The smallest absolute Gasteiger partial charge is 0.203 e. The number of methoxy groups -OCH3 is 3. The second-order valence-corrected chi connectivity index (χ2v) is 4.27. The van der Waals surface area contributed by atoms with E-state index in [-0.39, 0.29) is 0 Å². The van der Waals surface area contributed by atoms with Crippen LogP contribution in [0.5, 0.6) is 17.2 Å². The Kier molecular flexibility index (Phi) is 4.40. The van der Waals surface area contributed by atoms with Gasteiger partial charge in [-0.3, -0.25) is 0 Å². The number of aromatic nitrogens is 2. The van der Waals surface area contributed by atoms with Crippen LogP contribution >= 0.6 is 11.5 Å². The predicted octanol–water partition coefficient (Wildman–Crippen LogP) is 2.18. The zero-order valence-corrected chi connectivity index (χ0v) is 11.8. The first kappa shape index (κ1) is 13.4. The summed E-state index contributed by atoms with van der Waals surface area (Å²) in [5.41, 5.74) is 1.75. The summed E-state index contributed by atoms with van der Waals surface area (Å²) < 4.78 is 19.6. The molecule has 1 aromatic heterocycles. The van der Waals surface area contributed by atoms with E-state index >= 15 is 0 Å². The summed E-state index contributed by atoms with van der Waals surface area (Å²) in [6.45, 7) is 0.592. The average molecular weight is 281 g/mol. The van der Waals surface area contributed by atoms with Crippen LogP contribution in [0.3, 0.4) is 0 Å². The molecule has 1 heterocycles. The topological polar surface area (TPSA) is 65.5 Å². The molecule has 0 radical (unpaired) electrons. The minimum Gasteiger partial charge on any atom is -0.493 e. The van der Waals surface area contributed by atoms with E-state index in [4.69, 9.17) is 14.2 Å². The number of nitrogens with one attached hydrogen (secondary N) is 1. The zero-order valence-electron chi connectivity index (χ0n) is 11.0. The van der Waals surface area contributed by atoms with Crippen LogP contribution in [0.1, 0.15) is 5.69 Å². The van der Waals surface area contributed by atoms with Gasteiger partial charge in [0.15, 0.2) is 11.5 Å². The van der Waals surface area contributed by atoms with E-state index in [1.165, 1.54) is 11.5 Å². The fourth-order valence-corrected chi connectivity index (χ4v) is 2.09. The van der Waals surface area contributed by atoms with Gasteiger partial charge in [-0.05, 0) is 11.5 Å². The molecular weight excluding hydrogens is 266 g/mol. The van der Waals surface area contributed by atoms with Crippen molar-refractivity contribution in [2.75, 3.05) is 26.6 Å². The molecule has 0 saturated carbocycles. The molecule has 6 nitrogen and oxygen atoms in total. The van der Waals surface area contributed by atoms with Gasteiger partial charge in [0.2, 0.25) is 5.75 Å². The maximum atomic E-state index is 5.29. The zero-order chi connectivity index (χ0) is 13.7. The molecule has 1 N–H and O–H groups in total. The lowest BCUT2D eigenvalue weighted by Crippen LogP contribution is -2.02. The molecule has 0 aliphatic rings. The Bertz CT molecular complexity index is 506. The average Bonchev–Trinajstić information content (AvgIpc) is 2.97. The maximum absolute atomic E-state index is 5.29. The SMILES string of the molecule is COc1cc(NCc2csnn2)cc(OC)c1OC. The van der Waals surface area contributed by atoms with Crippen molar-refractivity contribution in [2.24, 2.45) is 0 Å². The minimum atomic E-state index is 0.575. The van der Waals surface area contributed by atoms with Crippen molar-refractivity contribution in [3.05, 3.63) is 23.2 Å². The van der Waals surface area contributed by atoms with Crippen molar-refractivity contribution >= 4 is 17.2 Å². The van der Waals surface area contributed by atoms with E-state index in [1.54, 1.807) is 21.3 Å². The number of hydrogen-bond donors (Lipinski definition) is 1. The molecule has 0 amide bonds. The van der Waals surface area contributed by atoms with E-state index in [9.17, 15) is 0 Å². The van der Waals surface area contributed by atoms with Crippen LogP contribution in [0, 0.1) is 0 Å². The van der Waals surface area contributed by atoms with Gasteiger partial charge in [-0.15, -0.1) is 5.10 Å². The maximum Gasteiger partial charge on any atom is 0.203 e. The van der Waals surface area contributed by atoms with Crippen molar-refractivity contribution in [1.29, 1.82) is 0 Å². The van der Waals surface area contributed by atoms with Crippen LogP contribution in [0.25, 0.3) is 0 Å². The van der Waals surface area contributed by atoms with Crippen molar-refractivity contribution in [3.8, 4) is 17.2 Å². The molecule has 19 heavy (non-hydrogen) atoms. The van der Waals surface area contributed by atoms with E-state index in [2.05, 4.69) is 14.9 Å². The Morgan fingerprint density at radius 2 is 1.79 bits per heavy atom. The van der Waals surface area contributed by atoms with E-state index in [0.717, 1.165) is 11.4 Å². The number of ether oxygens (including phenoxy) is 3. The van der Waals surface area contributed by atoms with Gasteiger partial charge in [0.1, 0.15) is 0 Å². The lowest BCUT2D eigenvalue weighted by molar-refractivity contribution is 0.324. The third-order valence-corrected chi connectivity index (χ3v) is 3.10. The molecule has 0 aliphatic carbocycles. The molecule has 1 aromatic carbocycles. The minimum absolute atomic E-state index is 0.575. The summed E-state index contributed by atoms with van der Waals surface area (Å²) >= 11 is 1.33. The molecule has 2 aromatic rings. The van der Waals surface area contributed by atoms with E-state index < -0.39 is 0 Å². The van der Waals surface area contributed by atoms with Crippen LogP contribution in [0.2, 0.25) is 0 Å². The third kappa shape index (κ3) is 3.05. The summed E-state index contributed by atoms with van der Waals surface area (Å²) in [7, 11) is 4.76. The largest absolute Gasteiger partial charge is 0.493 e. The summed E-state index contributed by atoms with van der Waals surface area (Å²) in [5.74, 6) is 1.80. The molecule has 0 atom stereocenters. The Morgan fingerprint density at radius 1 is 1.11 bits per heavy atom. The molecule has 0 bridgehead atoms. The molecule has 0 unspecified atom stereocenters. The monoisotopic (exact) mass is 281 g/mol. The third-order valence-electron chi connectivity index (χ3n) is 2.54. The number of rotatable bonds is 6. The molecule has 2 rings (SSSR count). The highest BCUT2D eigenvalue weighted by atomic mass is 32.1. The molecular formula is C12H15N3O3S. The standard InChI is InChI=1S/C12H15N3O3S/c1-16-10-4-8(5-11(17-2)12(10)18-3)13-6-9-7-19-15-14-9/h4-5,7,13H,6H2,1-3H3. The number of hydrogen-bond acceptors (Lipinski definition) is 7. The van der Waals surface area contributed by atoms with Crippen LogP contribution < -0.4 is 19.5 Å². The summed E-state index contributed by atoms with van der Waals surface area (Å²) in [6, 6.07) is 3.70. The first-order valence-corrected chi connectivity index (χ1v) is 6.42. The molecule has 0 saturated heterocycles. The molecule has 102 valence electrons. The Balaban J connectivity index is 2.20. The predicted molar refractivity (Wildman–Crippen MR) is 73.3 cm³/mol. The van der Waals surface area contributed by atoms with E-state index in [0.29, 0.717) is 23.8 Å². The van der Waals surface area contributed by atoms with Gasteiger partial charge in [-0.2, -0.15) is 0 Å². The van der Waals surface area contributed by atoms with Gasteiger partial charge in [0, 0.05) is 23.2 Å². The quantitative estimate of drug-likeness (QED) is 0.875. The first-order chi connectivity index (χ1) is 9.28. The number of benzene rings is 1. The van der Waals surface area contributed by atoms with Gasteiger partial charge in [-0.25, -0.2) is 0 Å². The van der Waals surface area contributed by atoms with Crippen LogP contribution in [-0.4, -0.2) is 30.9 Å².